The van der Waals surface area contributed by atoms with Gasteiger partial charge < -0.3 is 0 Å². The minimum Gasteiger partial charge on any atom is -0.289 e. The van der Waals surface area contributed by atoms with Gasteiger partial charge in [-0.1, -0.05) is 41.9 Å². The van der Waals surface area contributed by atoms with Gasteiger partial charge in [-0.15, -0.1) is 23.1 Å². The van der Waals surface area contributed by atoms with Crippen molar-refractivity contribution in [1.29, 1.82) is 0 Å². The molecule has 1 aliphatic rings. The average Bonchev–Trinajstić information content (AvgIpc) is 3.10. The molecule has 1 aliphatic heterocycles. The molecule has 0 saturated carbocycles. The van der Waals surface area contributed by atoms with Crippen molar-refractivity contribution < 1.29 is 18.0 Å². The van der Waals surface area contributed by atoms with Crippen LogP contribution in [-0.2, 0) is 6.18 Å². The molecule has 7 heteroatoms. The Kier molecular flexibility index (Phi) is 5.12. The molecule has 3 aromatic rings. The zero-order valence-electron chi connectivity index (χ0n) is 14.2. The minimum atomic E-state index is -4.46. The van der Waals surface area contributed by atoms with Gasteiger partial charge in [0.25, 0.3) is 0 Å². The molecule has 142 valence electrons. The van der Waals surface area contributed by atoms with Gasteiger partial charge in [0.05, 0.1) is 0 Å². The van der Waals surface area contributed by atoms with Crippen molar-refractivity contribution in [1.82, 2.24) is 0 Å². The van der Waals surface area contributed by atoms with Gasteiger partial charge >= 0.3 is 6.18 Å². The Morgan fingerprint density at radius 3 is 2.46 bits per heavy atom. The van der Waals surface area contributed by atoms with Crippen molar-refractivity contribution in [3.05, 3.63) is 80.5 Å². The summed E-state index contributed by atoms with van der Waals surface area (Å²) in [7, 11) is 0. The Morgan fingerprint density at radius 2 is 1.75 bits per heavy atom. The molecule has 4 rings (SSSR count). The van der Waals surface area contributed by atoms with Crippen LogP contribution in [0.25, 0.3) is 17.2 Å². The lowest BCUT2D eigenvalue weighted by atomic mass is 10.0. The van der Waals surface area contributed by atoms with Crippen molar-refractivity contribution in [3.63, 3.8) is 0 Å². The second kappa shape index (κ2) is 7.43. The van der Waals surface area contributed by atoms with E-state index < -0.39 is 11.1 Å². The Labute approximate surface area is 172 Å². The third-order valence-corrected chi connectivity index (χ3v) is 6.76. The number of fused-ring (bicyclic) bond motifs is 1. The van der Waals surface area contributed by atoms with Crippen LogP contribution >= 0.6 is 34.7 Å². The molecule has 0 atom stereocenters. The minimum absolute atomic E-state index is 0.129. The van der Waals surface area contributed by atoms with Crippen molar-refractivity contribution in [2.45, 2.75) is 11.1 Å². The first kappa shape index (κ1) is 19.3. The fourth-order valence-corrected chi connectivity index (χ4v) is 5.19. The van der Waals surface area contributed by atoms with Gasteiger partial charge in [0, 0.05) is 37.2 Å². The number of rotatable bonds is 2. The van der Waals surface area contributed by atoms with Gasteiger partial charge in [-0.25, -0.2) is 0 Å². The normalized spacial score (nSPS) is 15.7. The molecule has 0 fully saturated rings. The Bertz CT molecular complexity index is 1080. The van der Waals surface area contributed by atoms with E-state index in [1.54, 1.807) is 54.6 Å². The molecule has 28 heavy (non-hydrogen) atoms. The van der Waals surface area contributed by atoms with Crippen LogP contribution in [0.15, 0.2) is 65.1 Å². The van der Waals surface area contributed by atoms with Gasteiger partial charge in [-0.05, 0) is 35.9 Å². The van der Waals surface area contributed by atoms with Crippen LogP contribution in [0.5, 0.6) is 0 Å². The second-order valence-corrected chi connectivity index (χ2v) is 8.72. The summed E-state index contributed by atoms with van der Waals surface area (Å²) in [6.07, 6.45) is -2.90. The van der Waals surface area contributed by atoms with E-state index in [1.165, 1.54) is 17.8 Å². The zero-order chi connectivity index (χ0) is 19.9. The third-order valence-electron chi connectivity index (χ3n) is 4.27. The highest BCUT2D eigenvalue weighted by atomic mass is 35.5. The summed E-state index contributed by atoms with van der Waals surface area (Å²) in [4.78, 5) is 13.3. The first-order valence-electron chi connectivity index (χ1n) is 8.27. The van der Waals surface area contributed by atoms with Gasteiger partial charge in [0.1, 0.15) is 4.88 Å². The highest BCUT2D eigenvalue weighted by Gasteiger charge is 2.36. The number of alkyl halides is 3. The van der Waals surface area contributed by atoms with Crippen LogP contribution < -0.4 is 0 Å². The number of ketones is 1. The predicted octanol–water partition coefficient (Wildman–Crippen LogP) is 7.46. The number of carbonyl (C=O) groups is 1. The molecule has 0 amide bonds. The first-order valence-corrected chi connectivity index (χ1v) is 10.4. The number of halogens is 4. The lowest BCUT2D eigenvalue weighted by Gasteiger charge is -2.16. The summed E-state index contributed by atoms with van der Waals surface area (Å²) >= 11 is 8.12. The summed E-state index contributed by atoms with van der Waals surface area (Å²) in [5.74, 6) is 0.215. The molecule has 1 nitrogen and oxygen atoms in total. The van der Waals surface area contributed by atoms with Crippen molar-refractivity contribution in [2.24, 2.45) is 0 Å². The second-order valence-electron chi connectivity index (χ2n) is 6.18. The molecular weight excluding hydrogens is 425 g/mol. The number of carbonyl (C=O) groups excluding carboxylic acids is 1. The fraction of sp³-hybridized carbons (Fsp3) is 0.0952. The van der Waals surface area contributed by atoms with Crippen LogP contribution in [-0.4, -0.2) is 11.5 Å². The Hall–Kier alpha value is -2.02. The molecule has 0 radical (unpaired) electrons. The van der Waals surface area contributed by atoms with E-state index in [1.807, 2.05) is 0 Å². The highest BCUT2D eigenvalue weighted by Crippen LogP contribution is 2.44. The highest BCUT2D eigenvalue weighted by molar-refractivity contribution is 7.99. The van der Waals surface area contributed by atoms with Gasteiger partial charge in [0.2, 0.25) is 0 Å². The maximum Gasteiger partial charge on any atom is 0.426 e. The van der Waals surface area contributed by atoms with Crippen molar-refractivity contribution in [2.75, 3.05) is 5.75 Å². The van der Waals surface area contributed by atoms with Gasteiger partial charge in [-0.3, -0.25) is 4.79 Å². The maximum absolute atomic E-state index is 13.5. The molecule has 0 N–H and O–H groups in total. The Morgan fingerprint density at radius 1 is 1.00 bits per heavy atom. The third kappa shape index (κ3) is 3.77. The lowest BCUT2D eigenvalue weighted by molar-refractivity contribution is -0.133. The maximum atomic E-state index is 13.5. The SMILES string of the molecule is O=C1C(=Cc2cc(-c3ccccc3)c(C(F)(F)F)s2)CSc2ccc(Cl)cc21. The predicted molar refractivity (Wildman–Crippen MR) is 109 cm³/mol. The zero-order valence-corrected chi connectivity index (χ0v) is 16.6. The van der Waals surface area contributed by atoms with E-state index in [9.17, 15) is 18.0 Å². The monoisotopic (exact) mass is 436 g/mol. The molecule has 0 saturated heterocycles. The smallest absolute Gasteiger partial charge is 0.289 e. The molecule has 0 unspecified atom stereocenters. The largest absolute Gasteiger partial charge is 0.426 e. The summed E-state index contributed by atoms with van der Waals surface area (Å²) in [6.45, 7) is 0. The average molecular weight is 437 g/mol. The van der Waals surface area contributed by atoms with Crippen LogP contribution in [0.3, 0.4) is 0 Å². The summed E-state index contributed by atoms with van der Waals surface area (Å²) in [5.41, 5.74) is 1.58. The lowest BCUT2D eigenvalue weighted by Crippen LogP contribution is -2.12. The van der Waals surface area contributed by atoms with E-state index in [-0.39, 0.29) is 11.3 Å². The number of benzene rings is 2. The van der Waals surface area contributed by atoms with Crippen LogP contribution in [0.2, 0.25) is 5.02 Å². The molecule has 2 heterocycles. The van der Waals surface area contributed by atoms with E-state index in [0.29, 0.717) is 43.7 Å². The van der Waals surface area contributed by atoms with Crippen molar-refractivity contribution >= 4 is 46.6 Å². The van der Waals surface area contributed by atoms with Gasteiger partial charge in [0.15, 0.2) is 5.78 Å². The molecule has 0 spiro atoms. The molecule has 0 bridgehead atoms. The quantitative estimate of drug-likeness (QED) is 0.388. The van der Waals surface area contributed by atoms with Crippen LogP contribution in [0.1, 0.15) is 20.1 Å². The topological polar surface area (TPSA) is 17.1 Å². The van der Waals surface area contributed by atoms with E-state index >= 15 is 0 Å². The molecular formula is C21H12ClF3OS2. The number of Topliss-reactive ketones (excluding diaryl/α,β-unsaturated/α-hetero) is 1. The van der Waals surface area contributed by atoms with Crippen LogP contribution in [0.4, 0.5) is 13.2 Å². The molecule has 2 aromatic carbocycles. The standard InChI is InChI=1S/C21H12ClF3OS2/c22-14-6-7-18-17(9-14)19(26)13(11-27-18)8-15-10-16(12-4-2-1-3-5-12)20(28-15)21(23,24)25/h1-10H,11H2. The molecule has 1 aromatic heterocycles. The summed E-state index contributed by atoms with van der Waals surface area (Å²) in [6, 6.07) is 15.1. The van der Waals surface area contributed by atoms with E-state index in [0.717, 1.165) is 4.90 Å². The summed E-state index contributed by atoms with van der Waals surface area (Å²) < 4.78 is 40.6. The number of hydrogen-bond acceptors (Lipinski definition) is 3. The number of hydrogen-bond donors (Lipinski definition) is 0. The van der Waals surface area contributed by atoms with Gasteiger partial charge in [-0.2, -0.15) is 13.2 Å². The van der Waals surface area contributed by atoms with Crippen molar-refractivity contribution in [3.8, 4) is 11.1 Å². The van der Waals surface area contributed by atoms with E-state index in [4.69, 9.17) is 11.6 Å². The number of thiophene rings is 1. The fourth-order valence-electron chi connectivity index (χ4n) is 3.00. The number of thioether (sulfide) groups is 1. The van der Waals surface area contributed by atoms with Crippen LogP contribution in [0, 0.1) is 0 Å². The van der Waals surface area contributed by atoms with E-state index in [2.05, 4.69) is 0 Å². The molecule has 0 aliphatic carbocycles. The first-order chi connectivity index (χ1) is 13.3. The summed E-state index contributed by atoms with van der Waals surface area (Å²) in [5, 5.41) is 0.454. The Balaban J connectivity index is 1.76.